The zero-order valence-electron chi connectivity index (χ0n) is 11.3. The highest BCUT2D eigenvalue weighted by Gasteiger charge is 2.31. The van der Waals surface area contributed by atoms with Crippen LogP contribution in [-0.2, 0) is 6.42 Å². The molecule has 1 aliphatic carbocycles. The first-order valence-electron chi connectivity index (χ1n) is 6.70. The number of para-hydroxylation sites is 1. The molecule has 20 heavy (non-hydrogen) atoms. The van der Waals surface area contributed by atoms with Crippen molar-refractivity contribution in [3.8, 4) is 11.5 Å². The van der Waals surface area contributed by atoms with Crippen LogP contribution in [0.2, 0.25) is 0 Å². The van der Waals surface area contributed by atoms with Gasteiger partial charge in [-0.1, -0.05) is 30.3 Å². The molecule has 1 N–H and O–H groups in total. The first-order valence-corrected chi connectivity index (χ1v) is 6.70. The third kappa shape index (κ3) is 1.95. The number of ether oxygens (including phenoxy) is 1. The molecular formula is C17H16O3. The van der Waals surface area contributed by atoms with E-state index in [0.717, 1.165) is 16.9 Å². The molecule has 3 rings (SSSR count). The molecule has 0 spiro atoms. The molecule has 0 amide bonds. The summed E-state index contributed by atoms with van der Waals surface area (Å²) >= 11 is 0. The van der Waals surface area contributed by atoms with E-state index in [1.54, 1.807) is 25.3 Å². The Morgan fingerprint density at radius 1 is 1.15 bits per heavy atom. The molecule has 1 unspecified atom stereocenters. The van der Waals surface area contributed by atoms with Crippen molar-refractivity contribution in [2.24, 2.45) is 0 Å². The third-order valence-electron chi connectivity index (χ3n) is 3.93. The van der Waals surface area contributed by atoms with Crippen molar-refractivity contribution in [2.45, 2.75) is 18.8 Å². The van der Waals surface area contributed by atoms with E-state index in [-0.39, 0.29) is 17.5 Å². The number of phenolic OH excluding ortho intramolecular Hbond substituents is 1. The predicted octanol–water partition coefficient (Wildman–Crippen LogP) is 3.31. The monoisotopic (exact) mass is 268 g/mol. The van der Waals surface area contributed by atoms with Crippen LogP contribution >= 0.6 is 0 Å². The molecule has 0 saturated carbocycles. The number of carbonyl (C=O) groups excluding carboxylic acids is 1. The van der Waals surface area contributed by atoms with E-state index in [9.17, 15) is 9.90 Å². The van der Waals surface area contributed by atoms with E-state index in [1.165, 1.54) is 0 Å². The van der Waals surface area contributed by atoms with E-state index >= 15 is 0 Å². The largest absolute Gasteiger partial charge is 0.508 e. The standard InChI is InChI=1S/C17H16O3/c1-20-16-8-3-2-5-12(16)14-10-9-11-13(17(14)19)6-4-7-15(11)18/h2-8,14,18H,9-10H2,1H3. The number of hydrogen-bond acceptors (Lipinski definition) is 3. The highest BCUT2D eigenvalue weighted by atomic mass is 16.5. The van der Waals surface area contributed by atoms with Gasteiger partial charge in [-0.3, -0.25) is 4.79 Å². The van der Waals surface area contributed by atoms with Gasteiger partial charge >= 0.3 is 0 Å². The van der Waals surface area contributed by atoms with Crippen LogP contribution in [0.1, 0.15) is 33.8 Å². The molecule has 0 aliphatic heterocycles. The lowest BCUT2D eigenvalue weighted by Gasteiger charge is -2.25. The number of ketones is 1. The molecule has 3 nitrogen and oxygen atoms in total. The fraction of sp³-hybridized carbons (Fsp3) is 0.235. The number of rotatable bonds is 2. The maximum atomic E-state index is 12.7. The summed E-state index contributed by atoms with van der Waals surface area (Å²) in [7, 11) is 1.62. The maximum absolute atomic E-state index is 12.7. The molecule has 2 aromatic carbocycles. The predicted molar refractivity (Wildman–Crippen MR) is 76.5 cm³/mol. The van der Waals surface area contributed by atoms with Gasteiger partial charge in [-0.2, -0.15) is 0 Å². The maximum Gasteiger partial charge on any atom is 0.170 e. The van der Waals surface area contributed by atoms with Crippen LogP contribution in [0.15, 0.2) is 42.5 Å². The normalized spacial score (nSPS) is 17.6. The minimum absolute atomic E-state index is 0.0617. The lowest BCUT2D eigenvalue weighted by molar-refractivity contribution is 0.0944. The van der Waals surface area contributed by atoms with Crippen molar-refractivity contribution in [3.63, 3.8) is 0 Å². The number of hydrogen-bond donors (Lipinski definition) is 1. The van der Waals surface area contributed by atoms with E-state index in [0.29, 0.717) is 18.4 Å². The molecule has 1 atom stereocenters. The van der Waals surface area contributed by atoms with Crippen molar-refractivity contribution in [2.75, 3.05) is 7.11 Å². The Morgan fingerprint density at radius 2 is 1.95 bits per heavy atom. The van der Waals surface area contributed by atoms with Gasteiger partial charge in [0.05, 0.1) is 13.0 Å². The van der Waals surface area contributed by atoms with Crippen molar-refractivity contribution in [1.29, 1.82) is 0 Å². The zero-order chi connectivity index (χ0) is 14.1. The minimum atomic E-state index is -0.194. The van der Waals surface area contributed by atoms with Crippen LogP contribution < -0.4 is 4.74 Å². The Hall–Kier alpha value is -2.29. The lowest BCUT2D eigenvalue weighted by atomic mass is 9.78. The zero-order valence-corrected chi connectivity index (χ0v) is 11.3. The third-order valence-corrected chi connectivity index (χ3v) is 3.93. The second kappa shape index (κ2) is 5.00. The Morgan fingerprint density at radius 3 is 2.75 bits per heavy atom. The molecule has 0 fully saturated rings. The summed E-state index contributed by atoms with van der Waals surface area (Å²) < 4.78 is 5.36. The van der Waals surface area contributed by atoms with Gasteiger partial charge in [-0.15, -0.1) is 0 Å². The Bertz CT molecular complexity index is 661. The summed E-state index contributed by atoms with van der Waals surface area (Å²) in [6.45, 7) is 0. The first-order chi connectivity index (χ1) is 9.72. The highest BCUT2D eigenvalue weighted by molar-refractivity contribution is 6.04. The second-order valence-corrected chi connectivity index (χ2v) is 5.00. The van der Waals surface area contributed by atoms with Gasteiger partial charge in [-0.25, -0.2) is 0 Å². The Kier molecular flexibility index (Phi) is 3.18. The van der Waals surface area contributed by atoms with Gasteiger partial charge in [0.1, 0.15) is 11.5 Å². The van der Waals surface area contributed by atoms with Gasteiger partial charge in [-0.05, 0) is 25.0 Å². The van der Waals surface area contributed by atoms with Crippen LogP contribution in [-0.4, -0.2) is 18.0 Å². The van der Waals surface area contributed by atoms with E-state index < -0.39 is 0 Å². The molecule has 0 aromatic heterocycles. The first kappa shape index (κ1) is 12.7. The smallest absolute Gasteiger partial charge is 0.170 e. The summed E-state index contributed by atoms with van der Waals surface area (Å²) in [5.41, 5.74) is 2.32. The SMILES string of the molecule is COc1ccccc1C1CCc2c(O)cccc2C1=O. The van der Waals surface area contributed by atoms with Crippen LogP contribution in [0.3, 0.4) is 0 Å². The van der Waals surface area contributed by atoms with Gasteiger partial charge in [0.15, 0.2) is 5.78 Å². The van der Waals surface area contributed by atoms with E-state index in [2.05, 4.69) is 0 Å². The average Bonchev–Trinajstić information content (AvgIpc) is 2.48. The van der Waals surface area contributed by atoms with Crippen LogP contribution in [0.25, 0.3) is 0 Å². The average molecular weight is 268 g/mol. The van der Waals surface area contributed by atoms with E-state index in [1.807, 2.05) is 24.3 Å². The molecule has 102 valence electrons. The fourth-order valence-corrected chi connectivity index (χ4v) is 2.93. The number of methoxy groups -OCH3 is 1. The molecule has 0 heterocycles. The number of benzene rings is 2. The number of aromatic hydroxyl groups is 1. The van der Waals surface area contributed by atoms with Crippen LogP contribution in [0.4, 0.5) is 0 Å². The number of fused-ring (bicyclic) bond motifs is 1. The highest BCUT2D eigenvalue weighted by Crippen LogP contribution is 2.39. The Labute approximate surface area is 117 Å². The number of carbonyl (C=O) groups is 1. The Balaban J connectivity index is 2.04. The van der Waals surface area contributed by atoms with E-state index in [4.69, 9.17) is 4.74 Å². The molecular weight excluding hydrogens is 252 g/mol. The molecule has 0 bridgehead atoms. The lowest BCUT2D eigenvalue weighted by Crippen LogP contribution is -2.21. The van der Waals surface area contributed by atoms with Gasteiger partial charge in [0, 0.05) is 16.7 Å². The minimum Gasteiger partial charge on any atom is -0.508 e. The fourth-order valence-electron chi connectivity index (χ4n) is 2.93. The topological polar surface area (TPSA) is 46.5 Å². The molecule has 0 saturated heterocycles. The number of phenols is 1. The summed E-state index contributed by atoms with van der Waals surface area (Å²) in [5.74, 6) is 0.830. The van der Waals surface area contributed by atoms with Crippen molar-refractivity contribution in [1.82, 2.24) is 0 Å². The summed E-state index contributed by atoms with van der Waals surface area (Å²) in [6, 6.07) is 12.8. The van der Waals surface area contributed by atoms with Crippen molar-refractivity contribution in [3.05, 3.63) is 59.2 Å². The molecule has 2 aromatic rings. The van der Waals surface area contributed by atoms with Gasteiger partial charge in [0.25, 0.3) is 0 Å². The van der Waals surface area contributed by atoms with Crippen molar-refractivity contribution >= 4 is 5.78 Å². The second-order valence-electron chi connectivity index (χ2n) is 5.00. The quantitative estimate of drug-likeness (QED) is 0.909. The van der Waals surface area contributed by atoms with Gasteiger partial charge < -0.3 is 9.84 Å². The van der Waals surface area contributed by atoms with Crippen LogP contribution in [0.5, 0.6) is 11.5 Å². The summed E-state index contributed by atoms with van der Waals surface area (Å²) in [5, 5.41) is 9.85. The van der Waals surface area contributed by atoms with Crippen molar-refractivity contribution < 1.29 is 14.6 Å². The number of Topliss-reactive ketones (excluding diaryl/α,β-unsaturated/α-hetero) is 1. The van der Waals surface area contributed by atoms with Gasteiger partial charge in [0.2, 0.25) is 0 Å². The molecule has 0 radical (unpaired) electrons. The molecule has 3 heteroatoms. The summed E-state index contributed by atoms with van der Waals surface area (Å²) in [6.07, 6.45) is 1.40. The molecule has 1 aliphatic rings. The van der Waals surface area contributed by atoms with Crippen LogP contribution in [0, 0.1) is 0 Å². The summed E-state index contributed by atoms with van der Waals surface area (Å²) in [4.78, 5) is 12.7.